The molecule has 1 fully saturated rings. The molecule has 29 heavy (non-hydrogen) atoms. The molecule has 2 amide bonds. The molecule has 1 N–H and O–H groups in total. The van der Waals surface area contributed by atoms with Crippen molar-refractivity contribution < 1.29 is 9.53 Å². The fourth-order valence-electron chi connectivity index (χ4n) is 3.36. The van der Waals surface area contributed by atoms with Gasteiger partial charge in [0.05, 0.1) is 19.3 Å². The molecule has 4 rings (SSSR count). The van der Waals surface area contributed by atoms with Crippen molar-refractivity contribution in [2.45, 2.75) is 25.9 Å². The Bertz CT molecular complexity index is 950. The maximum absolute atomic E-state index is 13.1. The lowest BCUT2D eigenvalue weighted by molar-refractivity contribution is 0.204. The molecule has 0 aliphatic heterocycles. The molecule has 1 aliphatic carbocycles. The number of carbonyl (C=O) groups is 1. The number of anilines is 1. The molecule has 0 saturated heterocycles. The number of carbonyl (C=O) groups excluding carboxylic acids is 1. The highest BCUT2D eigenvalue weighted by atomic mass is 16.5. The molecule has 1 saturated carbocycles. The Morgan fingerprint density at radius 3 is 2.69 bits per heavy atom. The van der Waals surface area contributed by atoms with E-state index in [-0.39, 0.29) is 6.03 Å². The Hall–Kier alpha value is -3.28. The standard InChI is InChI=1S/C23H26N4O2/c1-29-21-10-6-5-9-20(21)25-23(28)27(16-19-11-12-19)17-22-24-13-14-26(22)15-18-7-3-2-4-8-18/h2-10,13-14,19H,11-12,15-17H2,1H3,(H,25,28). The van der Waals surface area contributed by atoms with Crippen LogP contribution in [0, 0.1) is 5.92 Å². The van der Waals surface area contributed by atoms with Gasteiger partial charge in [0.1, 0.15) is 11.6 Å². The summed E-state index contributed by atoms with van der Waals surface area (Å²) in [7, 11) is 1.60. The molecule has 0 bridgehead atoms. The Balaban J connectivity index is 1.49. The average Bonchev–Trinajstić information content (AvgIpc) is 3.47. The molecule has 6 nitrogen and oxygen atoms in total. The van der Waals surface area contributed by atoms with E-state index < -0.39 is 0 Å². The van der Waals surface area contributed by atoms with Gasteiger partial charge in [0.2, 0.25) is 0 Å². The zero-order valence-electron chi connectivity index (χ0n) is 16.6. The summed E-state index contributed by atoms with van der Waals surface area (Å²) >= 11 is 0. The fourth-order valence-corrected chi connectivity index (χ4v) is 3.36. The first-order chi connectivity index (χ1) is 14.2. The number of nitrogens with zero attached hydrogens (tertiary/aromatic N) is 3. The number of benzene rings is 2. The summed E-state index contributed by atoms with van der Waals surface area (Å²) in [6.45, 7) is 1.94. The summed E-state index contributed by atoms with van der Waals surface area (Å²) in [4.78, 5) is 19.4. The largest absolute Gasteiger partial charge is 0.495 e. The van der Waals surface area contributed by atoms with E-state index in [0.717, 1.165) is 18.9 Å². The monoisotopic (exact) mass is 390 g/mol. The van der Waals surface area contributed by atoms with Gasteiger partial charge in [0, 0.05) is 25.5 Å². The van der Waals surface area contributed by atoms with Gasteiger partial charge in [-0.25, -0.2) is 9.78 Å². The van der Waals surface area contributed by atoms with Gasteiger partial charge in [-0.15, -0.1) is 0 Å². The van der Waals surface area contributed by atoms with Crippen LogP contribution in [0.25, 0.3) is 0 Å². The van der Waals surface area contributed by atoms with E-state index in [4.69, 9.17) is 4.74 Å². The van der Waals surface area contributed by atoms with E-state index in [1.54, 1.807) is 13.3 Å². The first-order valence-electron chi connectivity index (χ1n) is 9.96. The van der Waals surface area contributed by atoms with Crippen LogP contribution >= 0.6 is 0 Å². The summed E-state index contributed by atoms with van der Waals surface area (Å²) in [5.41, 5.74) is 1.88. The van der Waals surface area contributed by atoms with Gasteiger partial charge >= 0.3 is 6.03 Å². The number of rotatable bonds is 8. The SMILES string of the molecule is COc1ccccc1NC(=O)N(Cc1nccn1Cc1ccccc1)CC1CC1. The molecular formula is C23H26N4O2. The molecule has 0 unspecified atom stereocenters. The van der Waals surface area contributed by atoms with Crippen molar-refractivity contribution in [1.82, 2.24) is 14.5 Å². The van der Waals surface area contributed by atoms with Crippen molar-refractivity contribution >= 4 is 11.7 Å². The maximum Gasteiger partial charge on any atom is 0.322 e. The highest BCUT2D eigenvalue weighted by Crippen LogP contribution is 2.31. The van der Waals surface area contributed by atoms with Crippen LogP contribution in [0.1, 0.15) is 24.2 Å². The predicted molar refractivity (Wildman–Crippen MR) is 113 cm³/mol. The second-order valence-corrected chi connectivity index (χ2v) is 7.41. The van der Waals surface area contributed by atoms with Crippen molar-refractivity contribution in [3.63, 3.8) is 0 Å². The summed E-state index contributed by atoms with van der Waals surface area (Å²) < 4.78 is 7.46. The van der Waals surface area contributed by atoms with Crippen LogP contribution in [0.15, 0.2) is 67.0 Å². The molecule has 0 atom stereocenters. The Labute approximate surface area is 171 Å². The maximum atomic E-state index is 13.1. The third kappa shape index (κ3) is 4.96. The molecule has 1 heterocycles. The van der Waals surface area contributed by atoms with E-state index in [9.17, 15) is 4.79 Å². The molecule has 150 valence electrons. The van der Waals surface area contributed by atoms with E-state index in [0.29, 0.717) is 23.9 Å². The smallest absolute Gasteiger partial charge is 0.322 e. The van der Waals surface area contributed by atoms with Crippen LogP contribution in [-0.4, -0.2) is 34.1 Å². The lowest BCUT2D eigenvalue weighted by atomic mass is 10.2. The quantitative estimate of drug-likeness (QED) is 0.621. The van der Waals surface area contributed by atoms with Gasteiger partial charge in [0.15, 0.2) is 0 Å². The van der Waals surface area contributed by atoms with E-state index in [1.165, 1.54) is 18.4 Å². The van der Waals surface area contributed by atoms with Crippen LogP contribution in [0.2, 0.25) is 0 Å². The van der Waals surface area contributed by atoms with Crippen LogP contribution in [0.5, 0.6) is 5.75 Å². The summed E-state index contributed by atoms with van der Waals surface area (Å²) in [6, 6.07) is 17.6. The van der Waals surface area contributed by atoms with E-state index in [2.05, 4.69) is 27.0 Å². The van der Waals surface area contributed by atoms with Crippen LogP contribution < -0.4 is 10.1 Å². The van der Waals surface area contributed by atoms with Gasteiger partial charge in [-0.05, 0) is 36.5 Å². The number of hydrogen-bond donors (Lipinski definition) is 1. The second-order valence-electron chi connectivity index (χ2n) is 7.41. The van der Waals surface area contributed by atoms with Crippen molar-refractivity contribution in [3.8, 4) is 5.75 Å². The molecule has 6 heteroatoms. The molecule has 3 aromatic rings. The van der Waals surface area contributed by atoms with Gasteiger partial charge in [0.25, 0.3) is 0 Å². The topological polar surface area (TPSA) is 59.4 Å². The number of para-hydroxylation sites is 2. The molecule has 2 aromatic carbocycles. The number of hydrogen-bond acceptors (Lipinski definition) is 3. The van der Waals surface area contributed by atoms with Crippen LogP contribution in [-0.2, 0) is 13.1 Å². The molecule has 0 spiro atoms. The number of methoxy groups -OCH3 is 1. The van der Waals surface area contributed by atoms with Crippen molar-refractivity contribution in [3.05, 3.63) is 78.4 Å². The normalized spacial score (nSPS) is 13.1. The minimum atomic E-state index is -0.129. The predicted octanol–water partition coefficient (Wildman–Crippen LogP) is 4.38. The Kier molecular flexibility index (Phi) is 5.79. The fraction of sp³-hybridized carbons (Fsp3) is 0.304. The summed E-state index contributed by atoms with van der Waals surface area (Å²) in [5.74, 6) is 2.11. The lowest BCUT2D eigenvalue weighted by Crippen LogP contribution is -2.37. The number of urea groups is 1. The zero-order chi connectivity index (χ0) is 20.1. The molecule has 0 radical (unpaired) electrons. The Morgan fingerprint density at radius 2 is 1.93 bits per heavy atom. The zero-order valence-corrected chi connectivity index (χ0v) is 16.6. The van der Waals surface area contributed by atoms with Gasteiger partial charge in [-0.1, -0.05) is 42.5 Å². The lowest BCUT2D eigenvalue weighted by Gasteiger charge is -2.24. The van der Waals surface area contributed by atoms with Gasteiger partial charge < -0.3 is 19.5 Å². The van der Waals surface area contributed by atoms with Crippen LogP contribution in [0.3, 0.4) is 0 Å². The number of ether oxygens (including phenoxy) is 1. The number of imidazole rings is 1. The third-order valence-electron chi connectivity index (χ3n) is 5.14. The first kappa shape index (κ1) is 19.1. The summed E-state index contributed by atoms with van der Waals surface area (Å²) in [6.07, 6.45) is 6.12. The summed E-state index contributed by atoms with van der Waals surface area (Å²) in [5, 5.41) is 3.00. The number of aromatic nitrogens is 2. The van der Waals surface area contributed by atoms with Crippen molar-refractivity contribution in [2.24, 2.45) is 5.92 Å². The first-order valence-corrected chi connectivity index (χ1v) is 9.96. The van der Waals surface area contributed by atoms with Crippen LogP contribution in [0.4, 0.5) is 10.5 Å². The molecule has 1 aliphatic rings. The van der Waals surface area contributed by atoms with Gasteiger partial charge in [-0.2, -0.15) is 0 Å². The highest BCUT2D eigenvalue weighted by Gasteiger charge is 2.28. The second kappa shape index (κ2) is 8.82. The average molecular weight is 390 g/mol. The number of nitrogens with one attached hydrogen (secondary N) is 1. The highest BCUT2D eigenvalue weighted by molar-refractivity contribution is 5.91. The molecule has 1 aromatic heterocycles. The minimum Gasteiger partial charge on any atom is -0.495 e. The number of amides is 2. The van der Waals surface area contributed by atoms with E-state index >= 15 is 0 Å². The molecular weight excluding hydrogens is 364 g/mol. The van der Waals surface area contributed by atoms with Crippen molar-refractivity contribution in [1.29, 1.82) is 0 Å². The van der Waals surface area contributed by atoms with Crippen molar-refractivity contribution in [2.75, 3.05) is 19.0 Å². The Morgan fingerprint density at radius 1 is 1.17 bits per heavy atom. The van der Waals surface area contributed by atoms with Gasteiger partial charge in [-0.3, -0.25) is 0 Å². The third-order valence-corrected chi connectivity index (χ3v) is 5.14. The minimum absolute atomic E-state index is 0.129. The van der Waals surface area contributed by atoms with E-state index in [1.807, 2.05) is 53.6 Å².